The number of hydrogen-bond acceptors (Lipinski definition) is 9. The van der Waals surface area contributed by atoms with E-state index in [0.717, 1.165) is 19.3 Å². The number of esters is 2. The third-order valence-electron chi connectivity index (χ3n) is 6.61. The van der Waals surface area contributed by atoms with Gasteiger partial charge in [0.05, 0.1) is 71.5 Å². The van der Waals surface area contributed by atoms with Gasteiger partial charge in [-0.05, 0) is 26.7 Å². The van der Waals surface area contributed by atoms with Crippen molar-refractivity contribution in [3.63, 3.8) is 0 Å². The van der Waals surface area contributed by atoms with Gasteiger partial charge in [0, 0.05) is 6.42 Å². The smallest absolute Gasteiger partial charge is 0.311 e. The van der Waals surface area contributed by atoms with E-state index < -0.39 is 5.41 Å². The maximum absolute atomic E-state index is 11.8. The number of unbranched alkanes of at least 4 members (excludes halogenated alkanes) is 9. The zero-order chi connectivity index (χ0) is 29.6. The molecule has 0 fully saturated rings. The molecule has 0 heterocycles. The van der Waals surface area contributed by atoms with Gasteiger partial charge in [-0.2, -0.15) is 0 Å². The van der Waals surface area contributed by atoms with E-state index in [1.807, 2.05) is 20.8 Å². The van der Waals surface area contributed by atoms with Gasteiger partial charge in [0.1, 0.15) is 13.2 Å². The molecule has 0 bridgehead atoms. The van der Waals surface area contributed by atoms with Crippen molar-refractivity contribution < 1.29 is 42.7 Å². The first-order chi connectivity index (χ1) is 19.4. The summed E-state index contributed by atoms with van der Waals surface area (Å²) in [6, 6.07) is 0. The molecule has 0 aromatic rings. The van der Waals surface area contributed by atoms with Gasteiger partial charge in [-0.3, -0.25) is 9.59 Å². The molecule has 40 heavy (non-hydrogen) atoms. The van der Waals surface area contributed by atoms with E-state index in [4.69, 9.17) is 33.2 Å². The van der Waals surface area contributed by atoms with Crippen LogP contribution in [0.3, 0.4) is 0 Å². The van der Waals surface area contributed by atoms with Crippen molar-refractivity contribution in [2.45, 2.75) is 105 Å². The fourth-order valence-electron chi connectivity index (χ4n) is 3.56. The molecule has 0 aromatic heterocycles. The molecule has 9 nitrogen and oxygen atoms in total. The summed E-state index contributed by atoms with van der Waals surface area (Å²) in [4.78, 5) is 23.6. The normalized spacial score (nSPS) is 11.6. The molecule has 238 valence electrons. The largest absolute Gasteiger partial charge is 0.463 e. The number of hydrogen-bond donors (Lipinski definition) is 0. The number of carbonyl (C=O) groups is 2. The van der Waals surface area contributed by atoms with Crippen molar-refractivity contribution in [1.29, 1.82) is 0 Å². The molecule has 0 spiro atoms. The maximum atomic E-state index is 11.8. The van der Waals surface area contributed by atoms with E-state index in [1.54, 1.807) is 0 Å². The van der Waals surface area contributed by atoms with Crippen molar-refractivity contribution in [3.05, 3.63) is 0 Å². The minimum atomic E-state index is -0.453. The Labute approximate surface area is 244 Å². The Morgan fingerprint density at radius 3 is 1.23 bits per heavy atom. The van der Waals surface area contributed by atoms with Gasteiger partial charge in [-0.15, -0.1) is 0 Å². The standard InChI is InChI=1S/C31H60O9/c1-5-7-8-9-10-11-12-13-14-15-16-29(32)39-27-25-37-23-21-35-19-17-34-18-20-36-22-24-38-26-28-40-30(33)31(3,4)6-2/h5-28H2,1-4H3. The second kappa shape index (κ2) is 29.2. The summed E-state index contributed by atoms with van der Waals surface area (Å²) >= 11 is 0. The highest BCUT2D eigenvalue weighted by Gasteiger charge is 2.26. The molecule has 0 aromatic carbocycles. The highest BCUT2D eigenvalue weighted by Crippen LogP contribution is 2.21. The van der Waals surface area contributed by atoms with E-state index in [2.05, 4.69) is 6.92 Å². The zero-order valence-corrected chi connectivity index (χ0v) is 26.1. The summed E-state index contributed by atoms with van der Waals surface area (Å²) < 4.78 is 37.6. The lowest BCUT2D eigenvalue weighted by molar-refractivity contribution is -0.155. The SMILES string of the molecule is CCCCCCCCCCCCC(=O)OCCOCCOCCOCCOCCOCCOC(=O)C(C)(C)CC. The van der Waals surface area contributed by atoms with Crippen LogP contribution in [0.2, 0.25) is 0 Å². The Hall–Kier alpha value is -1.26. The van der Waals surface area contributed by atoms with Crippen LogP contribution in [0.5, 0.6) is 0 Å². The first kappa shape index (κ1) is 38.7. The molecule has 0 atom stereocenters. The molecule has 0 rings (SSSR count). The molecular weight excluding hydrogens is 516 g/mol. The van der Waals surface area contributed by atoms with Crippen LogP contribution < -0.4 is 0 Å². The van der Waals surface area contributed by atoms with Crippen LogP contribution in [0.1, 0.15) is 105 Å². The zero-order valence-electron chi connectivity index (χ0n) is 26.1. The van der Waals surface area contributed by atoms with Crippen LogP contribution in [0, 0.1) is 5.41 Å². The Balaban J connectivity index is 3.21. The Morgan fingerprint density at radius 1 is 0.475 bits per heavy atom. The molecule has 0 aliphatic rings. The molecule has 0 amide bonds. The lowest BCUT2D eigenvalue weighted by Gasteiger charge is -2.20. The van der Waals surface area contributed by atoms with Gasteiger partial charge in [-0.1, -0.05) is 71.6 Å². The first-order valence-corrected chi connectivity index (χ1v) is 15.7. The minimum absolute atomic E-state index is 0.137. The van der Waals surface area contributed by atoms with Gasteiger partial charge in [0.25, 0.3) is 0 Å². The van der Waals surface area contributed by atoms with Crippen molar-refractivity contribution >= 4 is 11.9 Å². The van der Waals surface area contributed by atoms with Crippen LogP contribution in [0.15, 0.2) is 0 Å². The predicted molar refractivity (Wildman–Crippen MR) is 157 cm³/mol. The fourth-order valence-corrected chi connectivity index (χ4v) is 3.56. The molecule has 0 N–H and O–H groups in total. The number of rotatable bonds is 31. The van der Waals surface area contributed by atoms with Gasteiger partial charge in [-0.25, -0.2) is 0 Å². The fraction of sp³-hybridized carbons (Fsp3) is 0.935. The highest BCUT2D eigenvalue weighted by atomic mass is 16.6. The Bertz CT molecular complexity index is 569. The molecule has 0 saturated heterocycles. The summed E-state index contributed by atoms with van der Waals surface area (Å²) in [5.74, 6) is -0.335. The Kier molecular flexibility index (Phi) is 28.3. The second-order valence-corrected chi connectivity index (χ2v) is 10.6. The molecule has 0 saturated carbocycles. The van der Waals surface area contributed by atoms with Crippen molar-refractivity contribution in [2.24, 2.45) is 5.41 Å². The number of ether oxygens (including phenoxy) is 7. The van der Waals surface area contributed by atoms with Crippen LogP contribution >= 0.6 is 0 Å². The highest BCUT2D eigenvalue weighted by molar-refractivity contribution is 5.75. The van der Waals surface area contributed by atoms with Crippen LogP contribution in [0.25, 0.3) is 0 Å². The summed E-state index contributed by atoms with van der Waals surface area (Å²) in [6.07, 6.45) is 13.8. The topological polar surface area (TPSA) is 98.8 Å². The first-order valence-electron chi connectivity index (χ1n) is 15.7. The molecule has 0 aliphatic carbocycles. The van der Waals surface area contributed by atoms with Crippen molar-refractivity contribution in [3.8, 4) is 0 Å². The molecule has 9 heteroatoms. The summed E-state index contributed by atoms with van der Waals surface area (Å²) in [7, 11) is 0. The summed E-state index contributed by atoms with van der Waals surface area (Å²) in [5.41, 5.74) is -0.453. The summed E-state index contributed by atoms with van der Waals surface area (Å²) in [5, 5.41) is 0. The lowest BCUT2D eigenvalue weighted by Crippen LogP contribution is -2.27. The average Bonchev–Trinajstić information content (AvgIpc) is 2.95. The average molecular weight is 577 g/mol. The van der Waals surface area contributed by atoms with Crippen molar-refractivity contribution in [1.82, 2.24) is 0 Å². The minimum Gasteiger partial charge on any atom is -0.463 e. The van der Waals surface area contributed by atoms with Crippen LogP contribution in [0.4, 0.5) is 0 Å². The van der Waals surface area contributed by atoms with Gasteiger partial charge in [0.2, 0.25) is 0 Å². The van der Waals surface area contributed by atoms with E-state index in [1.165, 1.54) is 51.4 Å². The third-order valence-corrected chi connectivity index (χ3v) is 6.61. The molecule has 0 radical (unpaired) electrons. The van der Waals surface area contributed by atoms with Gasteiger partial charge >= 0.3 is 11.9 Å². The lowest BCUT2D eigenvalue weighted by atomic mass is 9.91. The number of carbonyl (C=O) groups excluding carboxylic acids is 2. The van der Waals surface area contributed by atoms with Crippen molar-refractivity contribution in [2.75, 3.05) is 79.3 Å². The van der Waals surface area contributed by atoms with Crippen LogP contribution in [-0.4, -0.2) is 91.2 Å². The van der Waals surface area contributed by atoms with E-state index in [0.29, 0.717) is 72.5 Å². The summed E-state index contributed by atoms with van der Waals surface area (Å²) in [6.45, 7) is 13.0. The Morgan fingerprint density at radius 2 is 0.825 bits per heavy atom. The third kappa shape index (κ3) is 26.9. The van der Waals surface area contributed by atoms with E-state index in [9.17, 15) is 9.59 Å². The molecule has 0 unspecified atom stereocenters. The predicted octanol–water partition coefficient (Wildman–Crippen LogP) is 5.90. The maximum Gasteiger partial charge on any atom is 0.311 e. The molecule has 0 aliphatic heterocycles. The molecular formula is C31H60O9. The monoisotopic (exact) mass is 576 g/mol. The van der Waals surface area contributed by atoms with E-state index >= 15 is 0 Å². The van der Waals surface area contributed by atoms with Crippen LogP contribution in [-0.2, 0) is 42.7 Å². The van der Waals surface area contributed by atoms with E-state index in [-0.39, 0.29) is 25.2 Å². The second-order valence-electron chi connectivity index (χ2n) is 10.6. The van der Waals surface area contributed by atoms with Gasteiger partial charge < -0.3 is 33.2 Å². The quantitative estimate of drug-likeness (QED) is 0.0737. The van der Waals surface area contributed by atoms with Gasteiger partial charge in [0.15, 0.2) is 0 Å².